The predicted octanol–water partition coefficient (Wildman–Crippen LogP) is 4.06. The molecule has 2 aliphatic rings. The lowest BCUT2D eigenvalue weighted by Gasteiger charge is -2.29. The maximum atomic E-state index is 13.1. The van der Waals surface area contributed by atoms with Gasteiger partial charge >= 0.3 is 6.09 Å². The van der Waals surface area contributed by atoms with Gasteiger partial charge in [0.1, 0.15) is 23.3 Å². The molecule has 1 aromatic carbocycles. The summed E-state index contributed by atoms with van der Waals surface area (Å²) in [6, 6.07) is 5.86. The first-order valence-electron chi connectivity index (χ1n) is 9.22. The van der Waals surface area contributed by atoms with Crippen molar-refractivity contribution in [1.82, 2.24) is 9.88 Å². The van der Waals surface area contributed by atoms with E-state index < -0.39 is 5.60 Å². The summed E-state index contributed by atoms with van der Waals surface area (Å²) in [5.74, 6) is 6.44. The summed E-state index contributed by atoms with van der Waals surface area (Å²) in [5.41, 5.74) is 1.64. The number of carbonyl (C=O) groups excluding carboxylic acids is 1. The number of ether oxygens (including phenoxy) is 2. The molecule has 0 radical (unpaired) electrons. The van der Waals surface area contributed by atoms with Crippen LogP contribution in [0.3, 0.4) is 0 Å². The third kappa shape index (κ3) is 3.65. The Morgan fingerprint density at radius 3 is 2.71 bits per heavy atom. The number of amides is 1. The molecule has 4 rings (SSSR count). The lowest BCUT2D eigenvalue weighted by atomic mass is 10.00. The van der Waals surface area contributed by atoms with E-state index in [0.29, 0.717) is 29.8 Å². The average molecular weight is 380 g/mol. The Morgan fingerprint density at radius 1 is 1.25 bits per heavy atom. The standard InChI is InChI=1S/C22H21FN2O3/c1-22(2,3)28-21(26)25-13-17-10-19(25)18-12-24-11-15(20(18)27-17)7-4-14-5-8-16(23)9-6-14/h5-6,8-9,11-12,17,19H,10,13H2,1-3H3/t17-,19-/m0/s1. The Morgan fingerprint density at radius 2 is 2.00 bits per heavy atom. The normalized spacial score (nSPS) is 19.9. The van der Waals surface area contributed by atoms with E-state index in [2.05, 4.69) is 16.8 Å². The van der Waals surface area contributed by atoms with Gasteiger partial charge in [-0.3, -0.25) is 9.88 Å². The molecule has 1 amide bonds. The van der Waals surface area contributed by atoms with Crippen LogP contribution in [0.5, 0.6) is 5.75 Å². The summed E-state index contributed by atoms with van der Waals surface area (Å²) in [4.78, 5) is 18.6. The van der Waals surface area contributed by atoms with Gasteiger partial charge in [0.15, 0.2) is 0 Å². The van der Waals surface area contributed by atoms with Crippen LogP contribution in [0.2, 0.25) is 0 Å². The lowest BCUT2D eigenvalue weighted by molar-refractivity contribution is 0.0222. The Labute approximate surface area is 163 Å². The van der Waals surface area contributed by atoms with Crippen molar-refractivity contribution in [1.29, 1.82) is 0 Å². The second kappa shape index (κ2) is 6.83. The smallest absolute Gasteiger partial charge is 0.410 e. The number of hydrogen-bond donors (Lipinski definition) is 0. The molecule has 0 spiro atoms. The molecule has 0 saturated carbocycles. The largest absolute Gasteiger partial charge is 0.487 e. The van der Waals surface area contributed by atoms with Crippen LogP contribution in [0.15, 0.2) is 36.7 Å². The highest BCUT2D eigenvalue weighted by molar-refractivity contribution is 5.70. The number of hydrogen-bond acceptors (Lipinski definition) is 4. The molecule has 5 nitrogen and oxygen atoms in total. The number of halogens is 1. The number of aromatic nitrogens is 1. The molecule has 28 heavy (non-hydrogen) atoms. The molecule has 144 valence electrons. The van der Waals surface area contributed by atoms with E-state index in [1.807, 2.05) is 20.8 Å². The molecule has 0 aliphatic carbocycles. The van der Waals surface area contributed by atoms with E-state index in [9.17, 15) is 9.18 Å². The van der Waals surface area contributed by atoms with E-state index >= 15 is 0 Å². The van der Waals surface area contributed by atoms with Crippen molar-refractivity contribution in [3.05, 3.63) is 59.2 Å². The fourth-order valence-electron chi connectivity index (χ4n) is 3.46. The first-order valence-corrected chi connectivity index (χ1v) is 9.22. The molecule has 6 heteroatoms. The Hall–Kier alpha value is -3.07. The van der Waals surface area contributed by atoms with E-state index in [1.165, 1.54) is 12.1 Å². The van der Waals surface area contributed by atoms with Gasteiger partial charge in [0.25, 0.3) is 0 Å². The summed E-state index contributed by atoms with van der Waals surface area (Å²) >= 11 is 0. The highest BCUT2D eigenvalue weighted by Crippen LogP contribution is 2.44. The van der Waals surface area contributed by atoms with Crippen LogP contribution in [0.25, 0.3) is 0 Å². The molecule has 1 aromatic heterocycles. The summed E-state index contributed by atoms with van der Waals surface area (Å²) in [5, 5.41) is 0. The van der Waals surface area contributed by atoms with Crippen LogP contribution < -0.4 is 4.74 Å². The van der Waals surface area contributed by atoms with Gasteiger partial charge in [-0.2, -0.15) is 0 Å². The number of benzene rings is 1. The van der Waals surface area contributed by atoms with Crippen molar-refractivity contribution in [3.8, 4) is 17.6 Å². The first kappa shape index (κ1) is 18.3. The minimum absolute atomic E-state index is 0.0983. The minimum atomic E-state index is -0.557. The van der Waals surface area contributed by atoms with Crippen LogP contribution in [0.4, 0.5) is 9.18 Å². The maximum absolute atomic E-state index is 13.1. The monoisotopic (exact) mass is 380 g/mol. The molecular weight excluding hydrogens is 359 g/mol. The molecule has 2 aromatic rings. The zero-order valence-electron chi connectivity index (χ0n) is 16.0. The third-order valence-corrected chi connectivity index (χ3v) is 4.64. The summed E-state index contributed by atoms with van der Waals surface area (Å²) in [6.45, 7) is 6.02. The number of nitrogens with zero attached hydrogens (tertiary/aromatic N) is 2. The maximum Gasteiger partial charge on any atom is 0.410 e. The van der Waals surface area contributed by atoms with Gasteiger partial charge in [-0.25, -0.2) is 9.18 Å². The van der Waals surface area contributed by atoms with Crippen molar-refractivity contribution in [3.63, 3.8) is 0 Å². The van der Waals surface area contributed by atoms with E-state index in [-0.39, 0.29) is 24.1 Å². The number of rotatable bonds is 0. The summed E-state index contributed by atoms with van der Waals surface area (Å²) in [6.07, 6.45) is 3.64. The van der Waals surface area contributed by atoms with Crippen molar-refractivity contribution < 1.29 is 18.7 Å². The van der Waals surface area contributed by atoms with Crippen molar-refractivity contribution >= 4 is 6.09 Å². The van der Waals surface area contributed by atoms with E-state index in [1.54, 1.807) is 29.4 Å². The van der Waals surface area contributed by atoms with Gasteiger partial charge in [-0.15, -0.1) is 0 Å². The first-order chi connectivity index (χ1) is 13.3. The Balaban J connectivity index is 1.63. The summed E-state index contributed by atoms with van der Waals surface area (Å²) in [7, 11) is 0. The molecular formula is C22H21FN2O3. The topological polar surface area (TPSA) is 51.7 Å². The zero-order chi connectivity index (χ0) is 19.9. The highest BCUT2D eigenvalue weighted by atomic mass is 19.1. The van der Waals surface area contributed by atoms with Gasteiger partial charge in [0, 0.05) is 29.9 Å². The number of pyridine rings is 1. The second-order valence-electron chi connectivity index (χ2n) is 7.99. The number of carbonyl (C=O) groups is 1. The van der Waals surface area contributed by atoms with Gasteiger partial charge in [0.2, 0.25) is 0 Å². The molecule has 1 fully saturated rings. The van der Waals surface area contributed by atoms with Crippen LogP contribution in [-0.4, -0.2) is 34.2 Å². The van der Waals surface area contributed by atoms with Crippen molar-refractivity contribution in [2.75, 3.05) is 6.54 Å². The molecule has 2 aliphatic heterocycles. The fourth-order valence-corrected chi connectivity index (χ4v) is 3.46. The Kier molecular flexibility index (Phi) is 4.46. The van der Waals surface area contributed by atoms with Gasteiger partial charge in [0.05, 0.1) is 18.2 Å². The lowest BCUT2D eigenvalue weighted by Crippen LogP contribution is -2.36. The van der Waals surface area contributed by atoms with Crippen LogP contribution in [0, 0.1) is 17.7 Å². The van der Waals surface area contributed by atoms with Gasteiger partial charge in [-0.05, 0) is 45.0 Å². The minimum Gasteiger partial charge on any atom is -0.487 e. The average Bonchev–Trinajstić information content (AvgIpc) is 2.98. The molecule has 2 bridgehead atoms. The quantitative estimate of drug-likeness (QED) is 0.647. The van der Waals surface area contributed by atoms with E-state index in [0.717, 1.165) is 5.56 Å². The molecule has 0 unspecified atom stereocenters. The molecule has 3 heterocycles. The Bertz CT molecular complexity index is 970. The second-order valence-corrected chi connectivity index (χ2v) is 7.99. The predicted molar refractivity (Wildman–Crippen MR) is 101 cm³/mol. The van der Waals surface area contributed by atoms with Gasteiger partial charge in [-0.1, -0.05) is 11.8 Å². The SMILES string of the molecule is CC(C)(C)OC(=O)N1C[C@@H]2C[C@H]1c1cncc(C#Cc3ccc(F)cc3)c1O2. The molecule has 2 atom stereocenters. The number of fused-ring (bicyclic) bond motifs is 4. The zero-order valence-corrected chi connectivity index (χ0v) is 16.0. The number of likely N-dealkylation sites (tertiary alicyclic amines) is 1. The van der Waals surface area contributed by atoms with Crippen molar-refractivity contribution in [2.45, 2.75) is 44.9 Å². The summed E-state index contributed by atoms with van der Waals surface area (Å²) < 4.78 is 24.7. The van der Waals surface area contributed by atoms with E-state index in [4.69, 9.17) is 9.47 Å². The molecule has 1 saturated heterocycles. The molecule has 0 N–H and O–H groups in total. The highest BCUT2D eigenvalue weighted by Gasteiger charge is 2.44. The van der Waals surface area contributed by atoms with Crippen molar-refractivity contribution in [2.24, 2.45) is 0 Å². The third-order valence-electron chi connectivity index (χ3n) is 4.64. The van der Waals surface area contributed by atoms with Crippen LogP contribution in [0.1, 0.15) is 49.9 Å². The van der Waals surface area contributed by atoms with Crippen LogP contribution in [-0.2, 0) is 4.74 Å². The van der Waals surface area contributed by atoms with Gasteiger partial charge < -0.3 is 9.47 Å². The van der Waals surface area contributed by atoms with Crippen LogP contribution >= 0.6 is 0 Å². The fraction of sp³-hybridized carbons (Fsp3) is 0.364.